The van der Waals surface area contributed by atoms with E-state index in [4.69, 9.17) is 9.47 Å². The molecule has 0 spiro atoms. The number of carbonyl (C=O) groups is 2. The third-order valence-corrected chi connectivity index (χ3v) is 5.73. The lowest BCUT2D eigenvalue weighted by Gasteiger charge is -2.21. The molecule has 0 aromatic heterocycles. The van der Waals surface area contributed by atoms with E-state index in [0.717, 1.165) is 17.7 Å². The smallest absolute Gasteiger partial charge is 0.234 e. The van der Waals surface area contributed by atoms with Gasteiger partial charge >= 0.3 is 0 Å². The Bertz CT molecular complexity index is 988. The van der Waals surface area contributed by atoms with E-state index in [1.54, 1.807) is 12.1 Å². The molecule has 150 valence electrons. The summed E-state index contributed by atoms with van der Waals surface area (Å²) in [5.74, 6) is -1.71. The van der Waals surface area contributed by atoms with Gasteiger partial charge < -0.3 is 9.47 Å². The van der Waals surface area contributed by atoms with Gasteiger partial charge in [0.15, 0.2) is 23.1 Å². The number of benzene rings is 2. The van der Waals surface area contributed by atoms with Crippen LogP contribution in [0.1, 0.15) is 11.1 Å². The second-order valence-electron chi connectivity index (χ2n) is 7.61. The minimum atomic E-state index is -0.899. The number of amides is 2. The van der Waals surface area contributed by atoms with Crippen LogP contribution in [0.15, 0.2) is 36.4 Å². The predicted molar refractivity (Wildman–Crippen MR) is 96.7 cm³/mol. The van der Waals surface area contributed by atoms with Gasteiger partial charge in [0.05, 0.1) is 18.4 Å². The maximum atomic E-state index is 13.4. The van der Waals surface area contributed by atoms with Crippen LogP contribution in [0.25, 0.3) is 0 Å². The van der Waals surface area contributed by atoms with Crippen LogP contribution in [0.2, 0.25) is 0 Å². The van der Waals surface area contributed by atoms with Gasteiger partial charge in [-0.25, -0.2) is 8.78 Å². The van der Waals surface area contributed by atoms with E-state index in [9.17, 15) is 18.4 Å². The molecule has 0 saturated carbocycles. The van der Waals surface area contributed by atoms with E-state index in [1.807, 2.05) is 11.0 Å². The Morgan fingerprint density at radius 1 is 0.828 bits per heavy atom. The van der Waals surface area contributed by atoms with Gasteiger partial charge in [0.1, 0.15) is 0 Å². The molecule has 2 aromatic carbocycles. The average Bonchev–Trinajstić information content (AvgIpc) is 3.38. The van der Waals surface area contributed by atoms with Gasteiger partial charge in [-0.15, -0.1) is 0 Å². The fourth-order valence-corrected chi connectivity index (χ4v) is 4.30. The van der Waals surface area contributed by atoms with Crippen molar-refractivity contribution in [2.45, 2.75) is 13.1 Å². The molecule has 3 aliphatic heterocycles. The van der Waals surface area contributed by atoms with Gasteiger partial charge in [-0.2, -0.15) is 0 Å². The van der Waals surface area contributed by atoms with Gasteiger partial charge in [-0.3, -0.25) is 19.4 Å². The number of halogens is 2. The lowest BCUT2D eigenvalue weighted by atomic mass is 10.00. The quantitative estimate of drug-likeness (QED) is 0.738. The van der Waals surface area contributed by atoms with Crippen LogP contribution < -0.4 is 9.47 Å². The van der Waals surface area contributed by atoms with Gasteiger partial charge in [0.25, 0.3) is 0 Å². The summed E-state index contributed by atoms with van der Waals surface area (Å²) in [6.45, 7) is 1.58. The number of likely N-dealkylation sites (tertiary alicyclic amines) is 2. The van der Waals surface area contributed by atoms with E-state index in [2.05, 4.69) is 0 Å². The van der Waals surface area contributed by atoms with Crippen molar-refractivity contribution in [3.8, 4) is 11.5 Å². The third kappa shape index (κ3) is 3.13. The normalized spacial score (nSPS) is 23.2. The summed E-state index contributed by atoms with van der Waals surface area (Å²) in [4.78, 5) is 28.9. The lowest BCUT2D eigenvalue weighted by molar-refractivity contribution is -0.141. The van der Waals surface area contributed by atoms with Crippen molar-refractivity contribution >= 4 is 11.8 Å². The van der Waals surface area contributed by atoms with Gasteiger partial charge in [-0.05, 0) is 35.4 Å². The first-order valence-electron chi connectivity index (χ1n) is 9.39. The van der Waals surface area contributed by atoms with E-state index < -0.39 is 23.5 Å². The minimum absolute atomic E-state index is 0.165. The van der Waals surface area contributed by atoms with Crippen molar-refractivity contribution in [2.24, 2.45) is 11.8 Å². The zero-order valence-electron chi connectivity index (χ0n) is 15.4. The average molecular weight is 400 g/mol. The Morgan fingerprint density at radius 2 is 1.48 bits per heavy atom. The first kappa shape index (κ1) is 18.1. The Balaban J connectivity index is 1.26. The molecule has 2 amide bonds. The van der Waals surface area contributed by atoms with E-state index in [1.165, 1.54) is 11.0 Å². The first-order valence-corrected chi connectivity index (χ1v) is 9.39. The highest BCUT2D eigenvalue weighted by Gasteiger charge is 2.52. The Hall–Kier alpha value is -3.00. The number of nitrogens with zero attached hydrogens (tertiary/aromatic N) is 2. The predicted octanol–water partition coefficient (Wildman–Crippen LogP) is 2.31. The topological polar surface area (TPSA) is 59.1 Å². The van der Waals surface area contributed by atoms with Crippen LogP contribution in [-0.2, 0) is 22.7 Å². The molecule has 2 aromatic rings. The standard InChI is InChI=1S/C21H18F2N2O4/c22-16-3-1-12(5-17(16)23)7-24-9-14-15(10-24)21(27)25(20(14)26)8-13-2-4-18-19(6-13)29-11-28-18/h1-6,14-15H,7-11H2. The molecule has 6 nitrogen and oxygen atoms in total. The molecule has 0 radical (unpaired) electrons. The fraction of sp³-hybridized carbons (Fsp3) is 0.333. The zero-order chi connectivity index (χ0) is 20.1. The molecule has 3 heterocycles. The molecule has 2 fully saturated rings. The number of carbonyl (C=O) groups excluding carboxylic acids is 2. The molecule has 0 aliphatic carbocycles. The summed E-state index contributed by atoms with van der Waals surface area (Å²) in [5.41, 5.74) is 1.41. The van der Waals surface area contributed by atoms with E-state index in [0.29, 0.717) is 36.7 Å². The Kier molecular flexibility index (Phi) is 4.24. The molecule has 0 bridgehead atoms. The number of imide groups is 1. The third-order valence-electron chi connectivity index (χ3n) is 5.73. The highest BCUT2D eigenvalue weighted by Crippen LogP contribution is 2.37. The van der Waals surface area contributed by atoms with Gasteiger partial charge in [0.2, 0.25) is 18.6 Å². The second kappa shape index (κ2) is 6.81. The first-order chi connectivity index (χ1) is 14.0. The van der Waals surface area contributed by atoms with Crippen LogP contribution in [0.4, 0.5) is 8.78 Å². The van der Waals surface area contributed by atoms with Crippen LogP contribution >= 0.6 is 0 Å². The van der Waals surface area contributed by atoms with Crippen molar-refractivity contribution in [3.05, 3.63) is 59.2 Å². The highest BCUT2D eigenvalue weighted by molar-refractivity contribution is 6.05. The van der Waals surface area contributed by atoms with Crippen molar-refractivity contribution < 1.29 is 27.8 Å². The van der Waals surface area contributed by atoms with Crippen molar-refractivity contribution in [3.63, 3.8) is 0 Å². The number of rotatable bonds is 4. The largest absolute Gasteiger partial charge is 0.454 e. The van der Waals surface area contributed by atoms with Gasteiger partial charge in [-0.1, -0.05) is 12.1 Å². The molecule has 2 unspecified atom stereocenters. The van der Waals surface area contributed by atoms with Crippen molar-refractivity contribution in [1.82, 2.24) is 9.80 Å². The summed E-state index contributed by atoms with van der Waals surface area (Å²) in [6, 6.07) is 9.13. The van der Waals surface area contributed by atoms with Gasteiger partial charge in [0, 0.05) is 19.6 Å². The monoisotopic (exact) mass is 400 g/mol. The number of fused-ring (bicyclic) bond motifs is 2. The molecule has 2 saturated heterocycles. The molecule has 0 N–H and O–H groups in total. The summed E-state index contributed by atoms with van der Waals surface area (Å²) in [5, 5.41) is 0. The van der Waals surface area contributed by atoms with E-state index >= 15 is 0 Å². The molecular weight excluding hydrogens is 382 g/mol. The second-order valence-corrected chi connectivity index (χ2v) is 7.61. The molecule has 2 atom stereocenters. The highest BCUT2D eigenvalue weighted by atomic mass is 19.2. The maximum Gasteiger partial charge on any atom is 0.234 e. The Labute approximate surface area is 165 Å². The maximum absolute atomic E-state index is 13.4. The molecule has 29 heavy (non-hydrogen) atoms. The summed E-state index contributed by atoms with van der Waals surface area (Å²) >= 11 is 0. The van der Waals surface area contributed by atoms with Crippen LogP contribution in [0, 0.1) is 23.5 Å². The van der Waals surface area contributed by atoms with Crippen LogP contribution in [0.3, 0.4) is 0 Å². The molecule has 8 heteroatoms. The van der Waals surface area contributed by atoms with Crippen molar-refractivity contribution in [1.29, 1.82) is 0 Å². The minimum Gasteiger partial charge on any atom is -0.454 e. The SMILES string of the molecule is O=C1C2CN(Cc3ccc(F)c(F)c3)CC2C(=O)N1Cc1ccc2c(c1)OCO2. The summed E-state index contributed by atoms with van der Waals surface area (Å²) in [7, 11) is 0. The fourth-order valence-electron chi connectivity index (χ4n) is 4.30. The molecule has 3 aliphatic rings. The van der Waals surface area contributed by atoms with Crippen LogP contribution in [-0.4, -0.2) is 41.5 Å². The van der Waals surface area contributed by atoms with Crippen LogP contribution in [0.5, 0.6) is 11.5 Å². The lowest BCUT2D eigenvalue weighted by Crippen LogP contribution is -2.35. The number of ether oxygens (including phenoxy) is 2. The van der Waals surface area contributed by atoms with E-state index in [-0.39, 0.29) is 25.2 Å². The molecular formula is C21H18F2N2O4. The summed E-state index contributed by atoms with van der Waals surface area (Å²) in [6.07, 6.45) is 0. The molecule has 5 rings (SSSR count). The number of hydrogen-bond donors (Lipinski definition) is 0. The Morgan fingerprint density at radius 3 is 2.21 bits per heavy atom. The van der Waals surface area contributed by atoms with Crippen molar-refractivity contribution in [2.75, 3.05) is 19.9 Å². The summed E-state index contributed by atoms with van der Waals surface area (Å²) < 4.78 is 37.2. The number of hydrogen-bond acceptors (Lipinski definition) is 5. The zero-order valence-corrected chi connectivity index (χ0v) is 15.4.